The van der Waals surface area contributed by atoms with Gasteiger partial charge in [0.15, 0.2) is 11.6 Å². The maximum atomic E-state index is 12.9. The third-order valence-corrected chi connectivity index (χ3v) is 5.03. The zero-order valence-electron chi connectivity index (χ0n) is 13.7. The van der Waals surface area contributed by atoms with Gasteiger partial charge in [-0.2, -0.15) is 0 Å². The molecule has 3 rings (SSSR count). The predicted molar refractivity (Wildman–Crippen MR) is 106 cm³/mol. The zero-order chi connectivity index (χ0) is 17.8. The fourth-order valence-corrected chi connectivity index (χ4v) is 3.56. The molecule has 0 bridgehead atoms. The van der Waals surface area contributed by atoms with E-state index < -0.39 is 0 Å². The highest BCUT2D eigenvalue weighted by molar-refractivity contribution is 14.1. The number of nitrogens with one attached hydrogen (secondary N) is 1. The molecule has 1 aliphatic rings. The van der Waals surface area contributed by atoms with Gasteiger partial charge < -0.3 is 5.32 Å². The molecule has 4 nitrogen and oxygen atoms in total. The van der Waals surface area contributed by atoms with E-state index in [2.05, 4.69) is 27.9 Å². The minimum absolute atomic E-state index is 0.124. The van der Waals surface area contributed by atoms with Crippen LogP contribution in [0.5, 0.6) is 0 Å². The molecule has 1 amide bonds. The van der Waals surface area contributed by atoms with E-state index in [0.29, 0.717) is 34.4 Å². The van der Waals surface area contributed by atoms with Crippen molar-refractivity contribution >= 4 is 45.8 Å². The number of hydrogen-bond acceptors (Lipinski definition) is 3. The monoisotopic (exact) mass is 447 g/mol. The number of carbonyl (C=O) groups is 3. The molecule has 0 saturated heterocycles. The number of rotatable bonds is 6. The summed E-state index contributed by atoms with van der Waals surface area (Å²) in [5.41, 5.74) is 1.88. The molecule has 0 aromatic heterocycles. The van der Waals surface area contributed by atoms with Crippen molar-refractivity contribution in [2.24, 2.45) is 0 Å². The summed E-state index contributed by atoms with van der Waals surface area (Å²) >= 11 is 2.32. The normalized spacial score (nSPS) is 12.5. The van der Waals surface area contributed by atoms with Crippen LogP contribution >= 0.6 is 22.6 Å². The highest BCUT2D eigenvalue weighted by atomic mass is 127. The van der Waals surface area contributed by atoms with E-state index in [1.54, 1.807) is 42.5 Å². The van der Waals surface area contributed by atoms with E-state index >= 15 is 0 Å². The van der Waals surface area contributed by atoms with Crippen LogP contribution in [-0.2, 0) is 4.79 Å². The first-order chi connectivity index (χ1) is 12.1. The fraction of sp³-hybridized carbons (Fsp3) is 0.250. The second-order valence-corrected chi connectivity index (χ2v) is 7.06. The van der Waals surface area contributed by atoms with Crippen molar-refractivity contribution in [3.05, 3.63) is 64.7 Å². The molecule has 2 aromatic rings. The molecule has 0 fully saturated rings. The summed E-state index contributed by atoms with van der Waals surface area (Å²) in [5.74, 6) is -0.518. The summed E-state index contributed by atoms with van der Waals surface area (Å²) in [6, 6.07) is 11.8. The second kappa shape index (κ2) is 7.91. The summed E-state index contributed by atoms with van der Waals surface area (Å²) in [4.78, 5) is 37.7. The van der Waals surface area contributed by atoms with Gasteiger partial charge in [-0.25, -0.2) is 0 Å². The van der Waals surface area contributed by atoms with Crippen LogP contribution in [0.4, 0.5) is 5.69 Å². The number of carbonyl (C=O) groups excluding carboxylic acids is 3. The molecule has 0 aliphatic heterocycles. The summed E-state index contributed by atoms with van der Waals surface area (Å²) in [7, 11) is 0. The van der Waals surface area contributed by atoms with Crippen LogP contribution in [0.25, 0.3) is 0 Å². The Hall–Kier alpha value is -2.02. The summed E-state index contributed by atoms with van der Waals surface area (Å²) < 4.78 is 1.08. The number of amides is 1. The molecule has 0 saturated carbocycles. The van der Waals surface area contributed by atoms with Gasteiger partial charge in [0.25, 0.3) is 0 Å². The minimum atomic E-state index is -0.217. The third-order valence-electron chi connectivity index (χ3n) is 4.26. The Morgan fingerprint density at radius 1 is 0.840 bits per heavy atom. The van der Waals surface area contributed by atoms with Gasteiger partial charge in [0.2, 0.25) is 5.91 Å². The first-order valence-corrected chi connectivity index (χ1v) is 9.83. The average molecular weight is 447 g/mol. The lowest BCUT2D eigenvalue weighted by molar-refractivity contribution is -0.116. The molecule has 0 radical (unpaired) electrons. The molecular formula is C20H18INO3. The molecule has 1 N–H and O–H groups in total. The lowest BCUT2D eigenvalue weighted by Crippen LogP contribution is -2.23. The minimum Gasteiger partial charge on any atom is -0.325 e. The van der Waals surface area contributed by atoms with E-state index in [4.69, 9.17) is 0 Å². The van der Waals surface area contributed by atoms with Crippen molar-refractivity contribution < 1.29 is 14.4 Å². The summed E-state index contributed by atoms with van der Waals surface area (Å²) in [6.45, 7) is 0. The van der Waals surface area contributed by atoms with Gasteiger partial charge in [-0.15, -0.1) is 0 Å². The zero-order valence-corrected chi connectivity index (χ0v) is 15.8. The Bertz CT molecular complexity index is 845. The summed E-state index contributed by atoms with van der Waals surface area (Å²) in [5, 5.41) is 2.81. The largest absolute Gasteiger partial charge is 0.325 e. The lowest BCUT2D eigenvalue weighted by Gasteiger charge is -2.20. The smallest absolute Gasteiger partial charge is 0.224 e. The Morgan fingerprint density at radius 2 is 1.52 bits per heavy atom. The standard InChI is InChI=1S/C20H18INO3/c21-12-5-1-2-11-17(23)22-16-10-6-9-15-18(16)20(25)14-8-4-3-7-13(14)19(15)24/h3-4,6-10H,1-2,5,11-12H2,(H,22,23). The van der Waals surface area contributed by atoms with Crippen LogP contribution in [0.1, 0.15) is 57.5 Å². The maximum Gasteiger partial charge on any atom is 0.224 e. The number of anilines is 1. The predicted octanol–water partition coefficient (Wildman–Crippen LogP) is 4.40. The number of ketones is 2. The van der Waals surface area contributed by atoms with Crippen LogP contribution in [0.3, 0.4) is 0 Å². The van der Waals surface area contributed by atoms with Gasteiger partial charge in [-0.3, -0.25) is 14.4 Å². The van der Waals surface area contributed by atoms with Crippen molar-refractivity contribution in [1.29, 1.82) is 0 Å². The number of fused-ring (bicyclic) bond motifs is 2. The van der Waals surface area contributed by atoms with Crippen LogP contribution in [0.15, 0.2) is 42.5 Å². The number of unbranched alkanes of at least 4 members (excludes halogenated alkanes) is 2. The highest BCUT2D eigenvalue weighted by Crippen LogP contribution is 2.32. The highest BCUT2D eigenvalue weighted by Gasteiger charge is 2.31. The van der Waals surface area contributed by atoms with Crippen LogP contribution in [0.2, 0.25) is 0 Å². The van der Waals surface area contributed by atoms with Gasteiger partial charge in [0, 0.05) is 23.1 Å². The Morgan fingerprint density at radius 3 is 2.24 bits per heavy atom. The molecule has 5 heteroatoms. The quantitative estimate of drug-likeness (QED) is 0.346. The third kappa shape index (κ3) is 3.66. The van der Waals surface area contributed by atoms with Crippen LogP contribution in [-0.4, -0.2) is 21.9 Å². The van der Waals surface area contributed by atoms with E-state index in [0.717, 1.165) is 23.7 Å². The van der Waals surface area contributed by atoms with Gasteiger partial charge >= 0.3 is 0 Å². The van der Waals surface area contributed by atoms with Gasteiger partial charge in [0.1, 0.15) is 0 Å². The molecule has 0 unspecified atom stereocenters. The first-order valence-electron chi connectivity index (χ1n) is 8.30. The lowest BCUT2D eigenvalue weighted by atomic mass is 9.83. The van der Waals surface area contributed by atoms with Gasteiger partial charge in [0.05, 0.1) is 11.3 Å². The number of alkyl halides is 1. The molecule has 1 aliphatic carbocycles. The van der Waals surface area contributed by atoms with Crippen molar-refractivity contribution in [1.82, 2.24) is 0 Å². The molecule has 2 aromatic carbocycles. The van der Waals surface area contributed by atoms with Crippen molar-refractivity contribution in [3.8, 4) is 0 Å². The molecule has 25 heavy (non-hydrogen) atoms. The molecule has 0 atom stereocenters. The van der Waals surface area contributed by atoms with Crippen molar-refractivity contribution in [3.63, 3.8) is 0 Å². The Balaban J connectivity index is 1.86. The van der Waals surface area contributed by atoms with Crippen LogP contribution in [0, 0.1) is 0 Å². The van der Waals surface area contributed by atoms with Gasteiger partial charge in [-0.1, -0.05) is 65.4 Å². The van der Waals surface area contributed by atoms with E-state index in [1.165, 1.54) is 0 Å². The second-order valence-electron chi connectivity index (χ2n) is 5.98. The Labute approximate surface area is 160 Å². The van der Waals surface area contributed by atoms with E-state index in [-0.39, 0.29) is 17.5 Å². The van der Waals surface area contributed by atoms with E-state index in [9.17, 15) is 14.4 Å². The molecule has 128 valence electrons. The average Bonchev–Trinajstić information content (AvgIpc) is 2.63. The fourth-order valence-electron chi connectivity index (χ4n) is 3.02. The topological polar surface area (TPSA) is 63.2 Å². The molecule has 0 spiro atoms. The number of halogens is 1. The first kappa shape index (κ1) is 17.8. The summed E-state index contributed by atoms with van der Waals surface area (Å²) in [6.07, 6.45) is 3.34. The van der Waals surface area contributed by atoms with Gasteiger partial charge in [-0.05, 0) is 23.3 Å². The molecular weight excluding hydrogens is 429 g/mol. The number of hydrogen-bond donors (Lipinski definition) is 1. The van der Waals surface area contributed by atoms with Crippen LogP contribution < -0.4 is 5.32 Å². The number of benzene rings is 2. The Kier molecular flexibility index (Phi) is 5.63. The van der Waals surface area contributed by atoms with E-state index in [1.807, 2.05) is 0 Å². The SMILES string of the molecule is O=C(CCCCCI)Nc1cccc2c1C(=O)c1ccccc1C2=O. The molecule has 0 heterocycles. The van der Waals surface area contributed by atoms with Crippen molar-refractivity contribution in [2.75, 3.05) is 9.74 Å². The van der Waals surface area contributed by atoms with Crippen molar-refractivity contribution in [2.45, 2.75) is 25.7 Å². The maximum absolute atomic E-state index is 12.9.